The first-order valence-electron chi connectivity index (χ1n) is 8.14. The zero-order valence-corrected chi connectivity index (χ0v) is 13.3. The lowest BCUT2D eigenvalue weighted by molar-refractivity contribution is 0.0697. The number of pyridine rings is 1. The minimum atomic E-state index is -0.909. The Labute approximate surface area is 136 Å². The summed E-state index contributed by atoms with van der Waals surface area (Å²) in [7, 11) is 0. The number of carboxylic acids is 1. The van der Waals surface area contributed by atoms with Crippen LogP contribution in [-0.4, -0.2) is 16.1 Å². The van der Waals surface area contributed by atoms with E-state index in [1.807, 2.05) is 0 Å². The van der Waals surface area contributed by atoms with Gasteiger partial charge in [-0.3, -0.25) is 4.98 Å². The molecule has 4 nitrogen and oxygen atoms in total. The number of benzene rings is 1. The van der Waals surface area contributed by atoms with E-state index in [-0.39, 0.29) is 0 Å². The van der Waals surface area contributed by atoms with E-state index in [4.69, 9.17) is 14.8 Å². The topological polar surface area (TPSA) is 59.4 Å². The number of ether oxygens (including phenoxy) is 1. The van der Waals surface area contributed by atoms with Crippen LogP contribution in [0.2, 0.25) is 0 Å². The molecule has 4 heteroatoms. The minimum absolute atomic E-state index is 0.295. The van der Waals surface area contributed by atoms with Gasteiger partial charge < -0.3 is 9.84 Å². The first-order chi connectivity index (χ1) is 11.2. The fraction of sp³-hybridized carbons (Fsp3) is 0.368. The van der Waals surface area contributed by atoms with Crippen LogP contribution in [0, 0.1) is 0 Å². The zero-order chi connectivity index (χ0) is 16.2. The van der Waals surface area contributed by atoms with E-state index in [1.54, 1.807) is 24.3 Å². The van der Waals surface area contributed by atoms with Gasteiger partial charge in [-0.1, -0.05) is 19.1 Å². The van der Waals surface area contributed by atoms with E-state index in [1.165, 1.54) is 24.1 Å². The van der Waals surface area contributed by atoms with Crippen LogP contribution in [-0.2, 0) is 25.9 Å². The molecule has 0 unspecified atom stereocenters. The average molecular weight is 311 g/mol. The number of hydrogen-bond donors (Lipinski definition) is 1. The molecular formula is C19H21NO3. The van der Waals surface area contributed by atoms with Crippen molar-refractivity contribution in [1.82, 2.24) is 4.98 Å². The molecule has 1 aromatic carbocycles. The minimum Gasteiger partial charge on any atom is -0.488 e. The fourth-order valence-corrected chi connectivity index (χ4v) is 2.94. The Kier molecular flexibility index (Phi) is 4.60. The van der Waals surface area contributed by atoms with Gasteiger partial charge in [-0.05, 0) is 49.8 Å². The van der Waals surface area contributed by atoms with Gasteiger partial charge in [0, 0.05) is 23.0 Å². The van der Waals surface area contributed by atoms with E-state index in [0.29, 0.717) is 12.2 Å². The predicted molar refractivity (Wildman–Crippen MR) is 88.0 cm³/mol. The molecule has 3 rings (SSSR count). The van der Waals surface area contributed by atoms with Crippen LogP contribution in [0.3, 0.4) is 0 Å². The molecular weight excluding hydrogens is 290 g/mol. The summed E-state index contributed by atoms with van der Waals surface area (Å²) >= 11 is 0. The van der Waals surface area contributed by atoms with Crippen LogP contribution in [0.15, 0.2) is 30.3 Å². The summed E-state index contributed by atoms with van der Waals surface area (Å²) < 4.78 is 6.05. The molecule has 120 valence electrons. The summed E-state index contributed by atoms with van der Waals surface area (Å²) in [5, 5.41) is 8.94. The highest BCUT2D eigenvalue weighted by molar-refractivity contribution is 5.87. The first kappa shape index (κ1) is 15.5. The van der Waals surface area contributed by atoms with Crippen molar-refractivity contribution in [2.24, 2.45) is 0 Å². The Morgan fingerprint density at radius 3 is 2.65 bits per heavy atom. The average Bonchev–Trinajstić information content (AvgIpc) is 2.59. The van der Waals surface area contributed by atoms with Gasteiger partial charge in [-0.2, -0.15) is 0 Å². The molecule has 0 fully saturated rings. The van der Waals surface area contributed by atoms with Crippen LogP contribution in [0.4, 0.5) is 0 Å². The number of nitrogens with zero attached hydrogens (tertiary/aromatic N) is 1. The third-order valence-electron chi connectivity index (χ3n) is 4.27. The lowest BCUT2D eigenvalue weighted by Gasteiger charge is -2.20. The van der Waals surface area contributed by atoms with E-state index >= 15 is 0 Å². The highest BCUT2D eigenvalue weighted by Gasteiger charge is 2.17. The standard InChI is InChI=1S/C19H21NO3/c1-2-15-11-18(16-5-3-4-6-17(16)20-15)23-12-13-7-9-14(10-8-13)19(21)22/h7-11H,2-6,12H2,1H3,(H,21,22). The molecule has 23 heavy (non-hydrogen) atoms. The molecule has 0 radical (unpaired) electrons. The van der Waals surface area contributed by atoms with Crippen molar-refractivity contribution in [1.29, 1.82) is 0 Å². The molecule has 1 aliphatic carbocycles. The Hall–Kier alpha value is -2.36. The maximum Gasteiger partial charge on any atom is 0.335 e. The molecule has 2 aromatic rings. The largest absolute Gasteiger partial charge is 0.488 e. The second-order valence-electron chi connectivity index (χ2n) is 5.89. The number of rotatable bonds is 5. The predicted octanol–water partition coefficient (Wildman–Crippen LogP) is 3.80. The van der Waals surface area contributed by atoms with Crippen molar-refractivity contribution in [3.8, 4) is 5.75 Å². The van der Waals surface area contributed by atoms with Crippen LogP contribution in [0.1, 0.15) is 52.6 Å². The van der Waals surface area contributed by atoms with Crippen LogP contribution in [0.25, 0.3) is 0 Å². The molecule has 0 saturated heterocycles. The zero-order valence-electron chi connectivity index (χ0n) is 13.3. The summed E-state index contributed by atoms with van der Waals surface area (Å²) in [6.07, 6.45) is 5.34. The van der Waals surface area contributed by atoms with Crippen molar-refractivity contribution < 1.29 is 14.6 Å². The summed E-state index contributed by atoms with van der Waals surface area (Å²) in [6, 6.07) is 8.88. The van der Waals surface area contributed by atoms with Gasteiger partial charge in [-0.15, -0.1) is 0 Å². The molecule has 0 saturated carbocycles. The van der Waals surface area contributed by atoms with Crippen LogP contribution in [0.5, 0.6) is 5.75 Å². The molecule has 1 heterocycles. The molecule has 1 aromatic heterocycles. The number of hydrogen-bond acceptors (Lipinski definition) is 3. The van der Waals surface area contributed by atoms with E-state index in [9.17, 15) is 4.79 Å². The van der Waals surface area contributed by atoms with Gasteiger partial charge in [0.1, 0.15) is 12.4 Å². The Bertz CT molecular complexity index is 707. The molecule has 0 spiro atoms. The number of fused-ring (bicyclic) bond motifs is 1. The third kappa shape index (κ3) is 3.52. The number of carbonyl (C=O) groups is 1. The van der Waals surface area contributed by atoms with E-state index < -0.39 is 5.97 Å². The normalized spacial score (nSPS) is 13.4. The van der Waals surface area contributed by atoms with E-state index in [0.717, 1.165) is 36.3 Å². The molecule has 0 bridgehead atoms. The molecule has 0 amide bonds. The fourth-order valence-electron chi connectivity index (χ4n) is 2.94. The number of aromatic carboxylic acids is 1. The van der Waals surface area contributed by atoms with Gasteiger partial charge in [-0.25, -0.2) is 4.79 Å². The molecule has 0 aliphatic heterocycles. The van der Waals surface area contributed by atoms with Crippen molar-refractivity contribution in [3.63, 3.8) is 0 Å². The second-order valence-corrected chi connectivity index (χ2v) is 5.89. The van der Waals surface area contributed by atoms with E-state index in [2.05, 4.69) is 13.0 Å². The monoisotopic (exact) mass is 311 g/mol. The first-order valence-corrected chi connectivity index (χ1v) is 8.14. The highest BCUT2D eigenvalue weighted by atomic mass is 16.5. The maximum atomic E-state index is 10.9. The Morgan fingerprint density at radius 2 is 1.96 bits per heavy atom. The molecule has 1 aliphatic rings. The Balaban J connectivity index is 1.78. The summed E-state index contributed by atoms with van der Waals surface area (Å²) in [5.74, 6) is 0.0297. The molecule has 1 N–H and O–H groups in total. The van der Waals surface area contributed by atoms with Gasteiger partial charge >= 0.3 is 5.97 Å². The number of aryl methyl sites for hydroxylation is 2. The number of aromatic nitrogens is 1. The lowest BCUT2D eigenvalue weighted by atomic mass is 9.94. The van der Waals surface area contributed by atoms with Gasteiger partial charge in [0.2, 0.25) is 0 Å². The summed E-state index contributed by atoms with van der Waals surface area (Å²) in [4.78, 5) is 15.6. The van der Waals surface area contributed by atoms with Crippen molar-refractivity contribution >= 4 is 5.97 Å². The van der Waals surface area contributed by atoms with Crippen LogP contribution < -0.4 is 4.74 Å². The van der Waals surface area contributed by atoms with Crippen molar-refractivity contribution in [3.05, 3.63) is 58.4 Å². The Morgan fingerprint density at radius 1 is 1.22 bits per heavy atom. The maximum absolute atomic E-state index is 10.9. The lowest BCUT2D eigenvalue weighted by Crippen LogP contribution is -2.10. The SMILES string of the molecule is CCc1cc(OCc2ccc(C(=O)O)cc2)c2c(n1)CCCC2. The number of carboxylic acid groups (broad SMARTS) is 1. The van der Waals surface area contributed by atoms with Crippen molar-refractivity contribution in [2.75, 3.05) is 0 Å². The quantitative estimate of drug-likeness (QED) is 0.912. The second kappa shape index (κ2) is 6.82. The summed E-state index contributed by atoms with van der Waals surface area (Å²) in [5.41, 5.74) is 4.77. The van der Waals surface area contributed by atoms with Crippen LogP contribution >= 0.6 is 0 Å². The van der Waals surface area contributed by atoms with Crippen molar-refractivity contribution in [2.45, 2.75) is 45.6 Å². The van der Waals surface area contributed by atoms with Gasteiger partial charge in [0.25, 0.3) is 0 Å². The third-order valence-corrected chi connectivity index (χ3v) is 4.27. The molecule has 0 atom stereocenters. The highest BCUT2D eigenvalue weighted by Crippen LogP contribution is 2.30. The van der Waals surface area contributed by atoms with Gasteiger partial charge in [0.15, 0.2) is 0 Å². The summed E-state index contributed by atoms with van der Waals surface area (Å²) in [6.45, 7) is 2.55. The van der Waals surface area contributed by atoms with Gasteiger partial charge in [0.05, 0.1) is 5.56 Å². The smallest absolute Gasteiger partial charge is 0.335 e.